The first-order valence-corrected chi connectivity index (χ1v) is 6.80. The second kappa shape index (κ2) is 4.75. The molecular formula is C14H22N2O2. The maximum absolute atomic E-state index is 11.9. The summed E-state index contributed by atoms with van der Waals surface area (Å²) >= 11 is 0. The molecule has 2 heterocycles. The van der Waals surface area contributed by atoms with Crippen molar-refractivity contribution in [3.05, 3.63) is 11.8 Å². The largest absolute Gasteiger partial charge is 0.359 e. The van der Waals surface area contributed by atoms with E-state index in [0.29, 0.717) is 5.82 Å². The molecule has 4 nitrogen and oxygen atoms in total. The number of anilines is 1. The summed E-state index contributed by atoms with van der Waals surface area (Å²) in [7, 11) is 0. The summed E-state index contributed by atoms with van der Waals surface area (Å²) in [6.45, 7) is 9.18. The van der Waals surface area contributed by atoms with Crippen LogP contribution in [-0.2, 0) is 10.2 Å². The summed E-state index contributed by atoms with van der Waals surface area (Å²) in [5, 5.41) is 4.08. The Balaban J connectivity index is 2.23. The third-order valence-electron chi connectivity index (χ3n) is 4.40. The molecular weight excluding hydrogens is 228 g/mol. The van der Waals surface area contributed by atoms with E-state index in [2.05, 4.69) is 25.9 Å². The third kappa shape index (κ3) is 2.04. The second-order valence-corrected chi connectivity index (χ2v) is 5.50. The van der Waals surface area contributed by atoms with Gasteiger partial charge in [-0.1, -0.05) is 32.9 Å². The number of carbonyl (C=O) groups excluding carboxylic acids is 1. The van der Waals surface area contributed by atoms with E-state index in [4.69, 9.17) is 4.52 Å². The van der Waals surface area contributed by atoms with Crippen molar-refractivity contribution in [3.63, 3.8) is 0 Å². The molecule has 0 aromatic carbocycles. The number of amides is 1. The average molecular weight is 250 g/mol. The van der Waals surface area contributed by atoms with E-state index in [0.717, 1.165) is 31.6 Å². The standard InChI is InChI=1S/C14H22N2O2/c1-5-14(4,6-2)11-9-12(15-18-11)16-8-7-10(3)13(16)17/h9-10H,5-8H2,1-4H3. The van der Waals surface area contributed by atoms with Gasteiger partial charge in [0, 0.05) is 23.9 Å². The Bertz CT molecular complexity index is 435. The highest BCUT2D eigenvalue weighted by Gasteiger charge is 2.33. The van der Waals surface area contributed by atoms with E-state index in [1.807, 2.05) is 13.0 Å². The van der Waals surface area contributed by atoms with Crippen molar-refractivity contribution in [1.82, 2.24) is 5.16 Å². The predicted molar refractivity (Wildman–Crippen MR) is 70.6 cm³/mol. The average Bonchev–Trinajstić information content (AvgIpc) is 2.98. The van der Waals surface area contributed by atoms with Crippen molar-refractivity contribution in [2.75, 3.05) is 11.4 Å². The molecule has 1 aliphatic heterocycles. The van der Waals surface area contributed by atoms with Crippen LogP contribution in [0.1, 0.15) is 52.7 Å². The Hall–Kier alpha value is -1.32. The van der Waals surface area contributed by atoms with Gasteiger partial charge in [-0.2, -0.15) is 0 Å². The zero-order chi connectivity index (χ0) is 13.3. The molecule has 1 unspecified atom stereocenters. The van der Waals surface area contributed by atoms with Crippen molar-refractivity contribution in [3.8, 4) is 0 Å². The summed E-state index contributed by atoms with van der Waals surface area (Å²) in [6, 6.07) is 1.93. The van der Waals surface area contributed by atoms with Crippen molar-refractivity contribution < 1.29 is 9.32 Å². The molecule has 1 atom stereocenters. The topological polar surface area (TPSA) is 46.3 Å². The molecule has 0 radical (unpaired) electrons. The summed E-state index contributed by atoms with van der Waals surface area (Å²) < 4.78 is 5.46. The normalized spacial score (nSPS) is 20.8. The summed E-state index contributed by atoms with van der Waals surface area (Å²) in [5.74, 6) is 1.82. The lowest BCUT2D eigenvalue weighted by molar-refractivity contribution is -0.119. The number of nitrogens with zero attached hydrogens (tertiary/aromatic N) is 2. The molecule has 100 valence electrons. The van der Waals surface area contributed by atoms with Crippen molar-refractivity contribution in [2.45, 2.75) is 52.4 Å². The molecule has 0 spiro atoms. The molecule has 2 rings (SSSR count). The Morgan fingerprint density at radius 3 is 2.67 bits per heavy atom. The predicted octanol–water partition coefficient (Wildman–Crippen LogP) is 3.13. The molecule has 4 heteroatoms. The summed E-state index contributed by atoms with van der Waals surface area (Å²) in [5.41, 5.74) is 0.0135. The Morgan fingerprint density at radius 1 is 1.50 bits per heavy atom. The maximum Gasteiger partial charge on any atom is 0.231 e. The van der Waals surface area contributed by atoms with E-state index in [9.17, 15) is 4.79 Å². The van der Waals surface area contributed by atoms with Crippen LogP contribution in [-0.4, -0.2) is 17.6 Å². The SMILES string of the molecule is CCC(C)(CC)c1cc(N2CCC(C)C2=O)no1. The highest BCUT2D eigenvalue weighted by Crippen LogP contribution is 2.34. The molecule has 1 saturated heterocycles. The molecule has 1 fully saturated rings. The minimum atomic E-state index is 0.0135. The van der Waals surface area contributed by atoms with Crippen LogP contribution in [0.15, 0.2) is 10.6 Å². The molecule has 1 aromatic rings. The van der Waals surface area contributed by atoms with Gasteiger partial charge in [-0.05, 0) is 19.3 Å². The fourth-order valence-corrected chi connectivity index (χ4v) is 2.33. The van der Waals surface area contributed by atoms with Gasteiger partial charge >= 0.3 is 0 Å². The van der Waals surface area contributed by atoms with Crippen LogP contribution in [0.25, 0.3) is 0 Å². The maximum atomic E-state index is 11.9. The Morgan fingerprint density at radius 2 is 2.17 bits per heavy atom. The van der Waals surface area contributed by atoms with Gasteiger partial charge in [0.05, 0.1) is 0 Å². The van der Waals surface area contributed by atoms with E-state index in [1.165, 1.54) is 0 Å². The number of carbonyl (C=O) groups is 1. The van der Waals surface area contributed by atoms with Crippen molar-refractivity contribution in [1.29, 1.82) is 0 Å². The molecule has 1 amide bonds. The molecule has 0 bridgehead atoms. The van der Waals surface area contributed by atoms with Gasteiger partial charge in [-0.15, -0.1) is 0 Å². The zero-order valence-corrected chi connectivity index (χ0v) is 11.7. The molecule has 0 N–H and O–H groups in total. The van der Waals surface area contributed by atoms with Crippen LogP contribution in [0, 0.1) is 5.92 Å². The summed E-state index contributed by atoms with van der Waals surface area (Å²) in [6.07, 6.45) is 2.91. The third-order valence-corrected chi connectivity index (χ3v) is 4.40. The lowest BCUT2D eigenvalue weighted by Gasteiger charge is -2.22. The number of rotatable bonds is 4. The van der Waals surface area contributed by atoms with Crippen LogP contribution in [0.2, 0.25) is 0 Å². The first-order valence-electron chi connectivity index (χ1n) is 6.80. The van der Waals surface area contributed by atoms with Gasteiger partial charge in [-0.3, -0.25) is 9.69 Å². The zero-order valence-electron chi connectivity index (χ0n) is 11.7. The minimum Gasteiger partial charge on any atom is -0.359 e. The van der Waals surface area contributed by atoms with E-state index >= 15 is 0 Å². The van der Waals surface area contributed by atoms with Gasteiger partial charge < -0.3 is 4.52 Å². The van der Waals surface area contributed by atoms with Crippen molar-refractivity contribution in [2.24, 2.45) is 5.92 Å². The molecule has 1 aromatic heterocycles. The first kappa shape index (κ1) is 13.1. The Labute approximate surface area is 108 Å². The molecule has 1 aliphatic rings. The van der Waals surface area contributed by atoms with Gasteiger partial charge in [0.25, 0.3) is 0 Å². The van der Waals surface area contributed by atoms with Crippen LogP contribution >= 0.6 is 0 Å². The highest BCUT2D eigenvalue weighted by molar-refractivity contribution is 5.96. The second-order valence-electron chi connectivity index (χ2n) is 5.50. The van der Waals surface area contributed by atoms with Crippen LogP contribution in [0.4, 0.5) is 5.82 Å². The summed E-state index contributed by atoms with van der Waals surface area (Å²) in [4.78, 5) is 13.7. The monoisotopic (exact) mass is 250 g/mol. The van der Waals surface area contributed by atoms with Crippen molar-refractivity contribution >= 4 is 11.7 Å². The van der Waals surface area contributed by atoms with Gasteiger partial charge in [0.2, 0.25) is 5.91 Å². The molecule has 18 heavy (non-hydrogen) atoms. The Kier molecular flexibility index (Phi) is 3.46. The van der Waals surface area contributed by atoms with Crippen LogP contribution in [0.5, 0.6) is 0 Å². The fraction of sp³-hybridized carbons (Fsp3) is 0.714. The smallest absolute Gasteiger partial charge is 0.231 e. The lowest BCUT2D eigenvalue weighted by Crippen LogP contribution is -2.26. The lowest BCUT2D eigenvalue weighted by atomic mass is 9.82. The minimum absolute atomic E-state index is 0.0135. The molecule has 0 aliphatic carbocycles. The van der Waals surface area contributed by atoms with Gasteiger partial charge in [0.15, 0.2) is 5.82 Å². The van der Waals surface area contributed by atoms with Gasteiger partial charge in [0.1, 0.15) is 5.76 Å². The first-order chi connectivity index (χ1) is 8.51. The van der Waals surface area contributed by atoms with E-state index in [-0.39, 0.29) is 17.2 Å². The van der Waals surface area contributed by atoms with E-state index < -0.39 is 0 Å². The van der Waals surface area contributed by atoms with Crippen LogP contribution < -0.4 is 4.90 Å². The molecule has 0 saturated carbocycles. The quantitative estimate of drug-likeness (QED) is 0.824. The number of hydrogen-bond donors (Lipinski definition) is 0. The highest BCUT2D eigenvalue weighted by atomic mass is 16.5. The fourth-order valence-electron chi connectivity index (χ4n) is 2.33. The van der Waals surface area contributed by atoms with Gasteiger partial charge in [-0.25, -0.2) is 0 Å². The number of aromatic nitrogens is 1. The van der Waals surface area contributed by atoms with E-state index in [1.54, 1.807) is 4.90 Å². The number of hydrogen-bond acceptors (Lipinski definition) is 3. The van der Waals surface area contributed by atoms with Crippen LogP contribution in [0.3, 0.4) is 0 Å².